The van der Waals surface area contributed by atoms with Crippen molar-refractivity contribution in [2.75, 3.05) is 7.05 Å². The zero-order valence-electron chi connectivity index (χ0n) is 23.4. The molecular weight excluding hydrogens is 492 g/mol. The van der Waals surface area contributed by atoms with Gasteiger partial charge < -0.3 is 25.0 Å². The lowest BCUT2D eigenvalue weighted by molar-refractivity contribution is -0.155. The second kappa shape index (κ2) is 11.6. The Morgan fingerprint density at radius 2 is 1.92 bits per heavy atom. The first-order chi connectivity index (χ1) is 17.2. The van der Waals surface area contributed by atoms with Crippen molar-refractivity contribution >= 4 is 29.2 Å². The summed E-state index contributed by atoms with van der Waals surface area (Å²) in [6.07, 6.45) is 1.02. The second-order valence-corrected chi connectivity index (χ2v) is 12.8. The molecule has 2 aliphatic heterocycles. The average molecular weight is 537 g/mol. The van der Waals surface area contributed by atoms with Gasteiger partial charge in [-0.3, -0.25) is 9.59 Å². The van der Waals surface area contributed by atoms with E-state index in [-0.39, 0.29) is 35.9 Å². The summed E-state index contributed by atoms with van der Waals surface area (Å²) in [5.41, 5.74) is -0.00603. The highest BCUT2D eigenvalue weighted by Crippen LogP contribution is 2.45. The third-order valence-corrected chi connectivity index (χ3v) is 9.11. The van der Waals surface area contributed by atoms with Crippen molar-refractivity contribution in [2.45, 2.75) is 110 Å². The second-order valence-electron chi connectivity index (χ2n) is 11.7. The Bertz CT molecular complexity index is 1010. The van der Waals surface area contributed by atoms with Crippen molar-refractivity contribution in [3.05, 3.63) is 21.7 Å². The molecule has 3 rings (SSSR count). The number of likely N-dealkylation sites (N-methyl/N-ethyl adjacent to an activating group) is 1. The van der Waals surface area contributed by atoms with Crippen molar-refractivity contribution in [3.8, 4) is 0 Å². The number of hydrogen-bond donors (Lipinski definition) is 3. The van der Waals surface area contributed by atoms with E-state index in [4.69, 9.17) is 9.47 Å². The van der Waals surface area contributed by atoms with Crippen LogP contribution in [0.2, 0.25) is 0 Å². The van der Waals surface area contributed by atoms with Crippen LogP contribution in [0.15, 0.2) is 11.0 Å². The first-order valence-electron chi connectivity index (χ1n) is 13.3. The number of nitrogens with one attached hydrogen (secondary N) is 1. The number of epoxide rings is 1. The van der Waals surface area contributed by atoms with E-state index in [1.807, 2.05) is 39.3 Å². The van der Waals surface area contributed by atoms with Crippen LogP contribution in [0.1, 0.15) is 77.9 Å². The molecule has 3 heterocycles. The molecule has 1 aromatic heterocycles. The average Bonchev–Trinajstić information content (AvgIpc) is 3.31. The van der Waals surface area contributed by atoms with E-state index in [2.05, 4.69) is 17.2 Å². The number of ether oxygens (including phenoxy) is 2. The van der Waals surface area contributed by atoms with Crippen LogP contribution in [0, 0.1) is 24.2 Å². The fourth-order valence-corrected chi connectivity index (χ4v) is 6.10. The fraction of sp³-hybridized carbons (Fsp3) is 0.750. The van der Waals surface area contributed by atoms with Crippen molar-refractivity contribution < 1.29 is 29.3 Å². The van der Waals surface area contributed by atoms with Gasteiger partial charge in [-0.25, -0.2) is 4.98 Å². The number of nitrogens with zero attached hydrogens (tertiary/aromatic N) is 1. The van der Waals surface area contributed by atoms with Gasteiger partial charge in [-0.1, -0.05) is 34.1 Å². The molecule has 2 saturated heterocycles. The highest BCUT2D eigenvalue weighted by atomic mass is 32.1. The van der Waals surface area contributed by atoms with Crippen molar-refractivity contribution in [1.82, 2.24) is 10.3 Å². The zero-order valence-corrected chi connectivity index (χ0v) is 24.2. The Morgan fingerprint density at radius 3 is 2.51 bits per heavy atom. The lowest BCUT2D eigenvalue weighted by atomic mass is 9.73. The van der Waals surface area contributed by atoms with E-state index in [1.165, 1.54) is 0 Å². The molecule has 0 radical (unpaired) electrons. The highest BCUT2D eigenvalue weighted by Gasteiger charge is 2.58. The minimum absolute atomic E-state index is 0.0924. The van der Waals surface area contributed by atoms with Gasteiger partial charge in [0.15, 0.2) is 0 Å². The number of hydrogen-bond acceptors (Lipinski definition) is 9. The molecule has 9 heteroatoms. The number of fused-ring (bicyclic) bond motifs is 1. The third kappa shape index (κ3) is 6.68. The molecule has 0 saturated carbocycles. The first-order valence-corrected chi connectivity index (χ1v) is 14.1. The normalized spacial score (nSPS) is 38.1. The summed E-state index contributed by atoms with van der Waals surface area (Å²) in [7, 11) is 1.82. The smallest absolute Gasteiger partial charge is 0.309 e. The lowest BCUT2D eigenvalue weighted by Gasteiger charge is -2.35. The van der Waals surface area contributed by atoms with E-state index in [1.54, 1.807) is 32.1 Å². The summed E-state index contributed by atoms with van der Waals surface area (Å²) in [5, 5.41) is 28.1. The SMILES string of the molecule is CNC1C(C(C)=Cc2csc(C)n2)OC(=O)CC(O)C(C)(C)C(=O)C(C)C(O)C(C)CCCC2(C)OC12. The van der Waals surface area contributed by atoms with Crippen molar-refractivity contribution in [3.63, 3.8) is 0 Å². The molecule has 8 unspecified atom stereocenters. The summed E-state index contributed by atoms with van der Waals surface area (Å²) in [6, 6.07) is -0.312. The van der Waals surface area contributed by atoms with Crippen LogP contribution in [0.4, 0.5) is 0 Å². The highest BCUT2D eigenvalue weighted by molar-refractivity contribution is 7.09. The predicted molar refractivity (Wildman–Crippen MR) is 144 cm³/mol. The predicted octanol–water partition coefficient (Wildman–Crippen LogP) is 3.68. The number of aromatic nitrogens is 1. The monoisotopic (exact) mass is 536 g/mol. The number of Topliss-reactive ketones (excluding diaryl/α,β-unsaturated/α-hetero) is 1. The molecule has 2 aliphatic rings. The van der Waals surface area contributed by atoms with Gasteiger partial charge in [0.05, 0.1) is 46.4 Å². The summed E-state index contributed by atoms with van der Waals surface area (Å²) in [5.74, 6) is -1.63. The van der Waals surface area contributed by atoms with E-state index in [0.717, 1.165) is 35.5 Å². The molecule has 8 nitrogen and oxygen atoms in total. The van der Waals surface area contributed by atoms with Gasteiger partial charge in [0.2, 0.25) is 0 Å². The van der Waals surface area contributed by atoms with Gasteiger partial charge in [-0.15, -0.1) is 11.3 Å². The molecular formula is C28H44N2O6S. The molecule has 0 spiro atoms. The zero-order chi connectivity index (χ0) is 27.7. The number of cyclic esters (lactones) is 1. The number of ketones is 1. The molecule has 8 atom stereocenters. The van der Waals surface area contributed by atoms with Gasteiger partial charge in [-0.2, -0.15) is 0 Å². The van der Waals surface area contributed by atoms with Gasteiger partial charge in [0.1, 0.15) is 18.0 Å². The molecule has 0 bridgehead atoms. The quantitative estimate of drug-likeness (QED) is 0.395. The van der Waals surface area contributed by atoms with Crippen molar-refractivity contribution in [1.29, 1.82) is 0 Å². The van der Waals surface area contributed by atoms with Crippen LogP contribution in [0.5, 0.6) is 0 Å². The van der Waals surface area contributed by atoms with E-state index in [0.29, 0.717) is 0 Å². The van der Waals surface area contributed by atoms with E-state index >= 15 is 0 Å². The third-order valence-electron chi connectivity index (χ3n) is 8.32. The molecule has 0 amide bonds. The number of carbonyl (C=O) groups is 2. The molecule has 1 aromatic rings. The summed E-state index contributed by atoms with van der Waals surface area (Å²) in [4.78, 5) is 31.0. The number of aliphatic hydroxyl groups excluding tert-OH is 2. The Morgan fingerprint density at radius 1 is 1.24 bits per heavy atom. The van der Waals surface area contributed by atoms with Gasteiger partial charge in [0, 0.05) is 11.3 Å². The number of carbonyl (C=O) groups excluding carboxylic acids is 2. The number of aryl methyl sites for hydroxylation is 1. The fourth-order valence-electron chi connectivity index (χ4n) is 5.53. The minimum atomic E-state index is -1.26. The maximum Gasteiger partial charge on any atom is 0.309 e. The van der Waals surface area contributed by atoms with E-state index in [9.17, 15) is 19.8 Å². The van der Waals surface area contributed by atoms with Gasteiger partial charge in [0.25, 0.3) is 0 Å². The van der Waals surface area contributed by atoms with Crippen LogP contribution < -0.4 is 5.32 Å². The molecule has 0 aromatic carbocycles. The number of aliphatic hydroxyl groups is 2. The Labute approximate surface area is 224 Å². The largest absolute Gasteiger partial charge is 0.456 e. The molecule has 2 fully saturated rings. The van der Waals surface area contributed by atoms with Crippen LogP contribution in [-0.2, 0) is 19.1 Å². The topological polar surface area (TPSA) is 121 Å². The standard InChI is InChI=1S/C28H44N2O6S/c1-15-10-9-11-28(7)26(36-28)22(29-8)24(16(2)12-19-14-37-18(4)30-19)35-21(32)13-20(31)27(5,6)25(34)17(3)23(15)33/h12,14-15,17,20,22-24,26,29,31,33H,9-11,13H2,1-8H3. The summed E-state index contributed by atoms with van der Waals surface area (Å²) < 4.78 is 12.2. The first kappa shape index (κ1) is 29.9. The maximum atomic E-state index is 13.3. The van der Waals surface area contributed by atoms with Crippen LogP contribution in [-0.4, -0.2) is 70.1 Å². The van der Waals surface area contributed by atoms with Gasteiger partial charge in [-0.05, 0) is 58.2 Å². The molecule has 0 aliphatic carbocycles. The number of thiazole rings is 1. The van der Waals surface area contributed by atoms with Crippen LogP contribution in [0.3, 0.4) is 0 Å². The Hall–Kier alpha value is -1.65. The Kier molecular flexibility index (Phi) is 9.39. The van der Waals surface area contributed by atoms with Gasteiger partial charge >= 0.3 is 5.97 Å². The Balaban J connectivity index is 1.95. The summed E-state index contributed by atoms with van der Waals surface area (Å²) >= 11 is 1.55. The van der Waals surface area contributed by atoms with Crippen LogP contribution >= 0.6 is 11.3 Å². The van der Waals surface area contributed by atoms with Crippen LogP contribution in [0.25, 0.3) is 6.08 Å². The van der Waals surface area contributed by atoms with Crippen molar-refractivity contribution in [2.24, 2.45) is 17.3 Å². The molecule has 208 valence electrons. The van der Waals surface area contributed by atoms with E-state index < -0.39 is 35.6 Å². The number of esters is 1. The molecule has 3 N–H and O–H groups in total. The minimum Gasteiger partial charge on any atom is -0.456 e. The lowest BCUT2D eigenvalue weighted by Crippen LogP contribution is -2.48. The molecule has 37 heavy (non-hydrogen) atoms. The maximum absolute atomic E-state index is 13.3. The number of rotatable bonds is 3. The summed E-state index contributed by atoms with van der Waals surface area (Å²) in [6.45, 7) is 12.8.